The Balaban J connectivity index is 1.66. The topological polar surface area (TPSA) is 74.5 Å². The summed E-state index contributed by atoms with van der Waals surface area (Å²) >= 11 is 0. The summed E-state index contributed by atoms with van der Waals surface area (Å²) in [5, 5.41) is 5.04. The average molecular weight is 698 g/mol. The van der Waals surface area contributed by atoms with E-state index in [-0.39, 0.29) is 17.5 Å². The molecule has 0 spiro atoms. The van der Waals surface area contributed by atoms with Crippen molar-refractivity contribution in [2.75, 3.05) is 31.7 Å². The minimum absolute atomic E-state index is 0.168. The van der Waals surface area contributed by atoms with Crippen molar-refractivity contribution in [1.29, 1.82) is 0 Å². The van der Waals surface area contributed by atoms with Crippen molar-refractivity contribution in [3.8, 4) is 28.1 Å². The van der Waals surface area contributed by atoms with E-state index in [1.54, 1.807) is 25.1 Å². The molecule has 0 radical (unpaired) electrons. The predicted molar refractivity (Wildman–Crippen MR) is 202 cm³/mol. The van der Waals surface area contributed by atoms with Crippen molar-refractivity contribution in [1.82, 2.24) is 9.61 Å². The number of fused-ring (bicyclic) bond motifs is 1. The van der Waals surface area contributed by atoms with Gasteiger partial charge in [0, 0.05) is 36.8 Å². The van der Waals surface area contributed by atoms with Gasteiger partial charge in [0.1, 0.15) is 11.6 Å². The number of anilines is 1. The van der Waals surface area contributed by atoms with E-state index >= 15 is 4.39 Å². The minimum atomic E-state index is -0.965. The fraction of sp³-hybridized carbons (Fsp3) is 0.429. The molecule has 0 amide bonds. The molecule has 3 heterocycles. The Kier molecular flexibility index (Phi) is 11.4. The second-order valence-corrected chi connectivity index (χ2v) is 14.7. The highest BCUT2D eigenvalue weighted by Gasteiger charge is 2.37. The number of aromatic nitrogens is 2. The molecule has 1 aliphatic rings. The molecule has 5 rings (SSSR count). The second kappa shape index (κ2) is 15.4. The number of hydrogen-bond acceptors (Lipinski definition) is 7. The Bertz CT molecular complexity index is 1900. The first-order valence-corrected chi connectivity index (χ1v) is 17.6. The number of hydrogen-bond donors (Lipinski definition) is 0. The molecule has 51 heavy (non-hydrogen) atoms. The smallest absolute Gasteiger partial charge is 0.339 e. The highest BCUT2D eigenvalue weighted by atomic mass is 19.1. The van der Waals surface area contributed by atoms with E-state index in [4.69, 9.17) is 24.0 Å². The first-order chi connectivity index (χ1) is 24.2. The number of carbonyl (C=O) groups excluding carboxylic acids is 1. The van der Waals surface area contributed by atoms with Crippen LogP contribution in [0.2, 0.25) is 0 Å². The number of nitrogens with zero attached hydrogens (tertiary/aromatic N) is 3. The molecule has 2 atom stereocenters. The number of carbonyl (C=O) groups is 1. The number of benzene rings is 2. The summed E-state index contributed by atoms with van der Waals surface area (Å²) in [5.41, 5.74) is 5.49. The van der Waals surface area contributed by atoms with Crippen LogP contribution in [-0.4, -0.2) is 59.7 Å². The maximum atomic E-state index is 15.9. The molecule has 2 aromatic heterocycles. The minimum Gasteiger partial charge on any atom is -0.490 e. The summed E-state index contributed by atoms with van der Waals surface area (Å²) in [5.74, 6) is -0.318. The number of methoxy groups -OCH3 is 1. The van der Waals surface area contributed by atoms with Gasteiger partial charge in [-0.1, -0.05) is 36.4 Å². The highest BCUT2D eigenvalue weighted by Crippen LogP contribution is 2.42. The number of ether oxygens (including phenoxy) is 4. The van der Waals surface area contributed by atoms with Gasteiger partial charge in [-0.25, -0.2) is 13.7 Å². The third-order valence-corrected chi connectivity index (χ3v) is 9.38. The highest BCUT2D eigenvalue weighted by molar-refractivity contribution is 5.88. The molecular weight excluding hydrogens is 645 g/mol. The van der Waals surface area contributed by atoms with Crippen LogP contribution in [0.25, 0.3) is 27.9 Å². The summed E-state index contributed by atoms with van der Waals surface area (Å²) in [4.78, 5) is 15.8. The largest absolute Gasteiger partial charge is 0.490 e. The van der Waals surface area contributed by atoms with Crippen LogP contribution < -0.4 is 9.64 Å². The molecule has 0 N–H and O–H groups in total. The van der Waals surface area contributed by atoms with Gasteiger partial charge in [-0.2, -0.15) is 5.10 Å². The molecule has 8 nitrogen and oxygen atoms in total. The van der Waals surface area contributed by atoms with Gasteiger partial charge in [-0.15, -0.1) is 13.2 Å². The van der Waals surface area contributed by atoms with Crippen LogP contribution in [0.5, 0.6) is 5.75 Å². The van der Waals surface area contributed by atoms with Crippen LogP contribution in [0.4, 0.5) is 10.1 Å². The maximum Gasteiger partial charge on any atom is 0.339 e. The Hall–Kier alpha value is -4.47. The monoisotopic (exact) mass is 697 g/mol. The van der Waals surface area contributed by atoms with E-state index in [1.807, 2.05) is 81.7 Å². The molecule has 1 saturated heterocycles. The number of pyridine rings is 1. The number of halogens is 1. The van der Waals surface area contributed by atoms with Crippen LogP contribution >= 0.6 is 0 Å². The molecule has 2 unspecified atom stereocenters. The molecule has 0 bridgehead atoms. The molecule has 2 aromatic carbocycles. The lowest BCUT2D eigenvalue weighted by Gasteiger charge is -2.41. The van der Waals surface area contributed by atoms with Crippen molar-refractivity contribution in [2.45, 2.75) is 91.1 Å². The lowest BCUT2D eigenvalue weighted by atomic mass is 9.91. The van der Waals surface area contributed by atoms with Crippen molar-refractivity contribution >= 4 is 17.2 Å². The number of piperidine rings is 1. The summed E-state index contributed by atoms with van der Waals surface area (Å²) in [6.07, 6.45) is 6.56. The summed E-state index contributed by atoms with van der Waals surface area (Å²) in [6.45, 7) is 23.1. The molecule has 9 heteroatoms. The van der Waals surface area contributed by atoms with Crippen LogP contribution in [0.15, 0.2) is 74.0 Å². The van der Waals surface area contributed by atoms with Crippen LogP contribution in [0.3, 0.4) is 0 Å². The lowest BCUT2D eigenvalue weighted by Crippen LogP contribution is -2.45. The fourth-order valence-corrected chi connectivity index (χ4v) is 6.71. The van der Waals surface area contributed by atoms with Gasteiger partial charge < -0.3 is 23.8 Å². The molecule has 272 valence electrons. The summed E-state index contributed by atoms with van der Waals surface area (Å²) in [7, 11) is 1.38. The van der Waals surface area contributed by atoms with Gasteiger partial charge >= 0.3 is 5.97 Å². The van der Waals surface area contributed by atoms with Crippen molar-refractivity contribution in [2.24, 2.45) is 0 Å². The fourth-order valence-electron chi connectivity index (χ4n) is 6.71. The lowest BCUT2D eigenvalue weighted by molar-refractivity contribution is -0.164. The number of rotatable bonds is 13. The third kappa shape index (κ3) is 8.37. The van der Waals surface area contributed by atoms with Crippen LogP contribution in [0, 0.1) is 19.7 Å². The van der Waals surface area contributed by atoms with E-state index in [2.05, 4.69) is 25.0 Å². The van der Waals surface area contributed by atoms with Gasteiger partial charge in [0.2, 0.25) is 0 Å². The maximum absolute atomic E-state index is 15.9. The Morgan fingerprint density at radius 3 is 2.41 bits per heavy atom. The van der Waals surface area contributed by atoms with E-state index in [0.29, 0.717) is 54.3 Å². The molecule has 1 aliphatic heterocycles. The molecule has 0 saturated carbocycles. The van der Waals surface area contributed by atoms with Gasteiger partial charge in [0.25, 0.3) is 0 Å². The molecule has 1 fully saturated rings. The first kappa shape index (κ1) is 37.8. The van der Waals surface area contributed by atoms with Crippen LogP contribution in [-0.2, 0) is 19.0 Å². The number of esters is 1. The zero-order valence-electron chi connectivity index (χ0n) is 31.3. The summed E-state index contributed by atoms with van der Waals surface area (Å²) in [6, 6.07) is 13.3. The molecule has 4 aromatic rings. The number of aryl methyl sites for hydroxylation is 2. The Morgan fingerprint density at radius 1 is 1.06 bits per heavy atom. The summed E-state index contributed by atoms with van der Waals surface area (Å²) < 4.78 is 41.9. The van der Waals surface area contributed by atoms with Crippen molar-refractivity contribution in [3.05, 3.63) is 96.5 Å². The molecular formula is C42H52FN3O5. The van der Waals surface area contributed by atoms with Gasteiger partial charge in [0.05, 0.1) is 53.5 Å². The normalized spacial score (nSPS) is 15.7. The standard InChI is InChI=1S/C42H52FN3O5/c1-11-14-29(5)50-34-18-17-27(3)37(43)36(34)31-16-13-15-30(24-31)32-25-33-38(45-21-19-42(9,20-22-45)49-23-12-2)35(28(4)26-46(33)44-32)39(40(47)48-10)51-41(6,7)8/h11-13,15-18,24-26,29,39H,1-2,14,19-23H2,3-10H3. The van der Waals surface area contributed by atoms with E-state index in [0.717, 1.165) is 40.7 Å². The quantitative estimate of drug-likeness (QED) is 0.102. The van der Waals surface area contributed by atoms with Gasteiger partial charge in [-0.05, 0) is 96.2 Å². The van der Waals surface area contributed by atoms with E-state index < -0.39 is 17.7 Å². The van der Waals surface area contributed by atoms with E-state index in [1.165, 1.54) is 7.11 Å². The van der Waals surface area contributed by atoms with Crippen LogP contribution in [0.1, 0.15) is 76.7 Å². The van der Waals surface area contributed by atoms with Crippen molar-refractivity contribution in [3.63, 3.8) is 0 Å². The first-order valence-electron chi connectivity index (χ1n) is 17.6. The van der Waals surface area contributed by atoms with E-state index in [9.17, 15) is 4.79 Å². The van der Waals surface area contributed by atoms with Gasteiger partial charge in [-0.3, -0.25) is 0 Å². The Labute approximate surface area is 301 Å². The third-order valence-electron chi connectivity index (χ3n) is 9.38. The van der Waals surface area contributed by atoms with Gasteiger partial charge in [0.15, 0.2) is 6.10 Å². The Morgan fingerprint density at radius 2 is 1.76 bits per heavy atom. The average Bonchev–Trinajstić information content (AvgIpc) is 3.51. The SMILES string of the molecule is C=CCOC1(C)CCN(c2c(C(OC(C)(C)C)C(=O)OC)c(C)cn3nc(-c4cccc(-c5c(OC(C)CC=C)ccc(C)c5F)c4)cc23)CC1. The predicted octanol–water partition coefficient (Wildman–Crippen LogP) is 9.36. The zero-order chi connectivity index (χ0) is 37.1. The van der Waals surface area contributed by atoms with Crippen molar-refractivity contribution < 1.29 is 28.1 Å². The molecule has 0 aliphatic carbocycles. The zero-order valence-corrected chi connectivity index (χ0v) is 31.3. The second-order valence-electron chi connectivity index (χ2n) is 14.7.